The lowest BCUT2D eigenvalue weighted by atomic mass is 9.94. The molecular weight excluding hydrogens is 266 g/mol. The molecule has 0 saturated carbocycles. The summed E-state index contributed by atoms with van der Waals surface area (Å²) in [5, 5.41) is 12.1. The summed E-state index contributed by atoms with van der Waals surface area (Å²) in [6.45, 7) is 1.59. The molecule has 2 atom stereocenters. The molecule has 2 aromatic carbocycles. The van der Waals surface area contributed by atoms with Crippen LogP contribution in [-0.2, 0) is 4.79 Å². The predicted octanol–water partition coefficient (Wildman–Crippen LogP) is 2.88. The van der Waals surface area contributed by atoms with Crippen LogP contribution in [0.4, 0.5) is 0 Å². The van der Waals surface area contributed by atoms with Gasteiger partial charge in [0.1, 0.15) is 0 Å². The van der Waals surface area contributed by atoms with Crippen LogP contribution in [0.2, 0.25) is 0 Å². The van der Waals surface area contributed by atoms with E-state index in [1.165, 1.54) is 0 Å². The van der Waals surface area contributed by atoms with Gasteiger partial charge in [0.2, 0.25) is 0 Å². The average molecular weight is 283 g/mol. The smallest absolute Gasteiger partial charge is 0.308 e. The molecule has 0 fully saturated rings. The van der Waals surface area contributed by atoms with Gasteiger partial charge in [0, 0.05) is 5.56 Å². The fourth-order valence-corrected chi connectivity index (χ4v) is 2.11. The van der Waals surface area contributed by atoms with Crippen molar-refractivity contribution in [3.05, 3.63) is 71.8 Å². The van der Waals surface area contributed by atoms with Crippen LogP contribution in [0.15, 0.2) is 60.7 Å². The van der Waals surface area contributed by atoms with Gasteiger partial charge >= 0.3 is 5.97 Å². The molecule has 0 aliphatic heterocycles. The van der Waals surface area contributed by atoms with Crippen molar-refractivity contribution < 1.29 is 14.7 Å². The largest absolute Gasteiger partial charge is 0.481 e. The number of nitrogens with one attached hydrogen (secondary N) is 1. The van der Waals surface area contributed by atoms with E-state index in [0.29, 0.717) is 5.56 Å². The highest BCUT2D eigenvalue weighted by atomic mass is 16.4. The van der Waals surface area contributed by atoms with Gasteiger partial charge < -0.3 is 10.4 Å². The number of rotatable bonds is 5. The standard InChI is InChI=1S/C17H17NO3/c1-12(17(20)21)15(13-8-4-2-5-9-13)18-16(19)14-10-6-3-7-11-14/h2-12,15H,1H3,(H,18,19)(H,20,21)/t12-,15-/m0/s1. The third-order valence-corrected chi connectivity index (χ3v) is 3.37. The van der Waals surface area contributed by atoms with E-state index in [4.69, 9.17) is 0 Å². The molecule has 2 aromatic rings. The fourth-order valence-electron chi connectivity index (χ4n) is 2.11. The lowest BCUT2D eigenvalue weighted by Gasteiger charge is -2.23. The van der Waals surface area contributed by atoms with Gasteiger partial charge in [-0.2, -0.15) is 0 Å². The van der Waals surface area contributed by atoms with E-state index in [0.717, 1.165) is 5.56 Å². The van der Waals surface area contributed by atoms with Crippen LogP contribution in [0.25, 0.3) is 0 Å². The molecule has 108 valence electrons. The van der Waals surface area contributed by atoms with Gasteiger partial charge in [-0.05, 0) is 24.6 Å². The first kappa shape index (κ1) is 14.8. The Morgan fingerprint density at radius 2 is 1.48 bits per heavy atom. The van der Waals surface area contributed by atoms with Crippen molar-refractivity contribution in [2.75, 3.05) is 0 Å². The average Bonchev–Trinajstić information content (AvgIpc) is 2.53. The van der Waals surface area contributed by atoms with E-state index in [1.54, 1.807) is 31.2 Å². The van der Waals surface area contributed by atoms with Gasteiger partial charge in [-0.25, -0.2) is 0 Å². The minimum absolute atomic E-state index is 0.280. The number of hydrogen-bond acceptors (Lipinski definition) is 2. The summed E-state index contributed by atoms with van der Waals surface area (Å²) >= 11 is 0. The first-order chi connectivity index (χ1) is 10.1. The summed E-state index contributed by atoms with van der Waals surface area (Å²) in [5.74, 6) is -1.95. The van der Waals surface area contributed by atoms with Crippen molar-refractivity contribution >= 4 is 11.9 Å². The molecule has 4 heteroatoms. The number of hydrogen-bond donors (Lipinski definition) is 2. The molecule has 0 unspecified atom stereocenters. The molecule has 2 rings (SSSR count). The number of carboxylic acid groups (broad SMARTS) is 1. The summed E-state index contributed by atoms with van der Waals surface area (Å²) in [7, 11) is 0. The number of benzene rings is 2. The molecule has 0 aliphatic rings. The summed E-state index contributed by atoms with van der Waals surface area (Å²) < 4.78 is 0. The second-order valence-electron chi connectivity index (χ2n) is 4.85. The normalized spacial score (nSPS) is 13.2. The second kappa shape index (κ2) is 6.70. The first-order valence-electron chi connectivity index (χ1n) is 6.73. The van der Waals surface area contributed by atoms with E-state index >= 15 is 0 Å². The molecule has 4 nitrogen and oxygen atoms in total. The van der Waals surface area contributed by atoms with Gasteiger partial charge in [0.15, 0.2) is 0 Å². The Bertz CT molecular complexity index is 610. The molecule has 0 saturated heterocycles. The highest BCUT2D eigenvalue weighted by molar-refractivity contribution is 5.94. The van der Waals surface area contributed by atoms with Crippen LogP contribution >= 0.6 is 0 Å². The van der Waals surface area contributed by atoms with Gasteiger partial charge in [-0.3, -0.25) is 9.59 Å². The van der Waals surface area contributed by atoms with E-state index in [9.17, 15) is 14.7 Å². The van der Waals surface area contributed by atoms with Crippen molar-refractivity contribution in [1.82, 2.24) is 5.32 Å². The van der Waals surface area contributed by atoms with Crippen LogP contribution < -0.4 is 5.32 Å². The summed E-state index contributed by atoms with van der Waals surface area (Å²) in [4.78, 5) is 23.5. The summed E-state index contributed by atoms with van der Waals surface area (Å²) in [6.07, 6.45) is 0. The SMILES string of the molecule is C[C@H](C(=O)O)[C@H](NC(=O)c1ccccc1)c1ccccc1. The van der Waals surface area contributed by atoms with Crippen LogP contribution in [0, 0.1) is 5.92 Å². The van der Waals surface area contributed by atoms with Crippen LogP contribution in [0.5, 0.6) is 0 Å². The van der Waals surface area contributed by atoms with Gasteiger partial charge in [0.25, 0.3) is 5.91 Å². The molecule has 0 radical (unpaired) electrons. The van der Waals surface area contributed by atoms with E-state index < -0.39 is 17.9 Å². The zero-order valence-electron chi connectivity index (χ0n) is 11.7. The highest BCUT2D eigenvalue weighted by Gasteiger charge is 2.26. The van der Waals surface area contributed by atoms with Crippen LogP contribution in [0.1, 0.15) is 28.9 Å². The van der Waals surface area contributed by atoms with Crippen molar-refractivity contribution in [2.24, 2.45) is 5.92 Å². The molecule has 0 bridgehead atoms. The van der Waals surface area contributed by atoms with Gasteiger partial charge in [-0.15, -0.1) is 0 Å². The van der Waals surface area contributed by atoms with Gasteiger partial charge in [-0.1, -0.05) is 48.5 Å². The van der Waals surface area contributed by atoms with Crippen LogP contribution in [0.3, 0.4) is 0 Å². The minimum atomic E-state index is -0.947. The molecule has 0 heterocycles. The van der Waals surface area contributed by atoms with E-state index in [-0.39, 0.29) is 5.91 Å². The number of carbonyl (C=O) groups is 2. The Kier molecular flexibility index (Phi) is 4.72. The fraction of sp³-hybridized carbons (Fsp3) is 0.176. The Hall–Kier alpha value is -2.62. The summed E-state index contributed by atoms with van der Waals surface area (Å²) in [5.41, 5.74) is 1.28. The monoisotopic (exact) mass is 283 g/mol. The molecule has 1 amide bonds. The van der Waals surface area contributed by atoms with E-state index in [2.05, 4.69) is 5.32 Å². The van der Waals surface area contributed by atoms with Crippen LogP contribution in [-0.4, -0.2) is 17.0 Å². The molecule has 0 spiro atoms. The summed E-state index contributed by atoms with van der Waals surface area (Å²) in [6, 6.07) is 17.3. The number of carbonyl (C=O) groups excluding carboxylic acids is 1. The molecular formula is C17H17NO3. The minimum Gasteiger partial charge on any atom is -0.481 e. The topological polar surface area (TPSA) is 66.4 Å². The zero-order chi connectivity index (χ0) is 15.2. The first-order valence-corrected chi connectivity index (χ1v) is 6.73. The maximum atomic E-state index is 12.3. The molecule has 0 aromatic heterocycles. The van der Waals surface area contributed by atoms with Gasteiger partial charge in [0.05, 0.1) is 12.0 Å². The molecule has 2 N–H and O–H groups in total. The Balaban J connectivity index is 2.25. The Morgan fingerprint density at radius 3 is 2.00 bits per heavy atom. The van der Waals surface area contributed by atoms with Crippen molar-refractivity contribution in [1.29, 1.82) is 0 Å². The number of aliphatic carboxylic acids is 1. The number of amides is 1. The lowest BCUT2D eigenvalue weighted by Crippen LogP contribution is -2.35. The Labute approximate surface area is 123 Å². The lowest BCUT2D eigenvalue weighted by molar-refractivity contribution is -0.142. The third kappa shape index (κ3) is 3.69. The second-order valence-corrected chi connectivity index (χ2v) is 4.85. The van der Waals surface area contributed by atoms with Crippen molar-refractivity contribution in [2.45, 2.75) is 13.0 Å². The maximum Gasteiger partial charge on any atom is 0.308 e. The van der Waals surface area contributed by atoms with Crippen molar-refractivity contribution in [3.63, 3.8) is 0 Å². The maximum absolute atomic E-state index is 12.3. The number of carboxylic acids is 1. The Morgan fingerprint density at radius 1 is 0.952 bits per heavy atom. The van der Waals surface area contributed by atoms with Crippen molar-refractivity contribution in [3.8, 4) is 0 Å². The zero-order valence-corrected chi connectivity index (χ0v) is 11.7. The molecule has 21 heavy (non-hydrogen) atoms. The highest BCUT2D eigenvalue weighted by Crippen LogP contribution is 2.22. The third-order valence-electron chi connectivity index (χ3n) is 3.37. The predicted molar refractivity (Wildman–Crippen MR) is 79.9 cm³/mol. The molecule has 0 aliphatic carbocycles. The van der Waals surface area contributed by atoms with E-state index in [1.807, 2.05) is 36.4 Å². The quantitative estimate of drug-likeness (QED) is 0.886.